The molecule has 21 heavy (non-hydrogen) atoms. The third-order valence-corrected chi connectivity index (χ3v) is 3.54. The highest BCUT2D eigenvalue weighted by atomic mass is 35.5. The lowest BCUT2D eigenvalue weighted by atomic mass is 10.1. The fourth-order valence-corrected chi connectivity index (χ4v) is 2.63. The molecule has 2 heterocycles. The maximum Gasteiger partial charge on any atom is 0.184 e. The van der Waals surface area contributed by atoms with Gasteiger partial charge in [-0.2, -0.15) is 5.26 Å². The Morgan fingerprint density at radius 3 is 3.00 bits per heavy atom. The van der Waals surface area contributed by atoms with Crippen LogP contribution in [0.3, 0.4) is 0 Å². The maximum atomic E-state index is 9.34. The molecule has 0 saturated carbocycles. The van der Waals surface area contributed by atoms with E-state index < -0.39 is 0 Å². The van der Waals surface area contributed by atoms with Crippen LogP contribution >= 0.6 is 23.8 Å². The number of ether oxygens (including phenoxy) is 1. The van der Waals surface area contributed by atoms with E-state index in [4.69, 9.17) is 28.6 Å². The normalized spacial score (nSPS) is 10.5. The first-order chi connectivity index (χ1) is 10.2. The molecule has 104 valence electrons. The molecule has 5 nitrogen and oxygen atoms in total. The number of hydrogen-bond donors (Lipinski definition) is 1. The summed E-state index contributed by atoms with van der Waals surface area (Å²) in [4.78, 5) is 7.33. The third-order valence-electron chi connectivity index (χ3n) is 3.05. The molecule has 0 radical (unpaired) electrons. The van der Waals surface area contributed by atoms with E-state index in [0.29, 0.717) is 38.0 Å². The van der Waals surface area contributed by atoms with Gasteiger partial charge in [-0.25, -0.2) is 4.98 Å². The molecular weight excluding hydrogens is 308 g/mol. The number of fused-ring (bicyclic) bond motifs is 1. The number of methoxy groups -OCH3 is 1. The van der Waals surface area contributed by atoms with E-state index in [1.807, 2.05) is 0 Å². The molecule has 0 bridgehead atoms. The van der Waals surface area contributed by atoms with Crippen LogP contribution in [0, 0.1) is 16.1 Å². The average molecular weight is 317 g/mol. The molecule has 0 unspecified atom stereocenters. The third kappa shape index (κ3) is 2.17. The highest BCUT2D eigenvalue weighted by molar-refractivity contribution is 7.71. The second-order valence-electron chi connectivity index (χ2n) is 4.26. The summed E-state index contributed by atoms with van der Waals surface area (Å²) in [5.74, 6) is 0.544. The molecule has 3 aromatic rings. The molecule has 0 fully saturated rings. The standard InChI is InChI=1S/C14H9ClN4OS/c1-20-11-4-2-3-8(6-16)12(11)19-13-10(18-14(19)21)5-9(15)7-17-13/h2-5,7H,1H3,(H,18,21). The van der Waals surface area contributed by atoms with Crippen molar-refractivity contribution in [3.8, 4) is 17.5 Å². The van der Waals surface area contributed by atoms with E-state index in [1.165, 1.54) is 6.20 Å². The quantitative estimate of drug-likeness (QED) is 0.733. The molecule has 1 aromatic carbocycles. The summed E-state index contributed by atoms with van der Waals surface area (Å²) < 4.78 is 7.45. The molecule has 0 amide bonds. The van der Waals surface area contributed by atoms with Gasteiger partial charge in [-0.05, 0) is 30.4 Å². The van der Waals surface area contributed by atoms with E-state index in [2.05, 4.69) is 16.0 Å². The van der Waals surface area contributed by atoms with Crippen LogP contribution in [-0.4, -0.2) is 21.6 Å². The second kappa shape index (κ2) is 5.20. The summed E-state index contributed by atoms with van der Waals surface area (Å²) in [7, 11) is 1.54. The number of rotatable bonds is 2. The van der Waals surface area contributed by atoms with Gasteiger partial charge in [-0.1, -0.05) is 17.7 Å². The fraction of sp³-hybridized carbons (Fsp3) is 0.0714. The number of aromatic amines is 1. The van der Waals surface area contributed by atoms with Crippen molar-refractivity contribution >= 4 is 35.0 Å². The summed E-state index contributed by atoms with van der Waals surface area (Å²) in [6.07, 6.45) is 1.53. The number of para-hydroxylation sites is 1. The Kier molecular flexibility index (Phi) is 3.37. The number of H-pyrrole nitrogens is 1. The summed E-state index contributed by atoms with van der Waals surface area (Å²) in [5, 5.41) is 9.85. The minimum atomic E-state index is 0.417. The van der Waals surface area contributed by atoms with Gasteiger partial charge < -0.3 is 9.72 Å². The van der Waals surface area contributed by atoms with Crippen LogP contribution in [0.5, 0.6) is 5.75 Å². The lowest BCUT2D eigenvalue weighted by molar-refractivity contribution is 0.413. The van der Waals surface area contributed by atoms with Gasteiger partial charge in [0.25, 0.3) is 0 Å². The van der Waals surface area contributed by atoms with Crippen LogP contribution in [0.25, 0.3) is 16.9 Å². The van der Waals surface area contributed by atoms with Crippen molar-refractivity contribution in [1.82, 2.24) is 14.5 Å². The summed E-state index contributed by atoms with van der Waals surface area (Å²) in [5.41, 5.74) is 2.30. The van der Waals surface area contributed by atoms with Crippen LogP contribution in [0.15, 0.2) is 30.5 Å². The van der Waals surface area contributed by atoms with Crippen molar-refractivity contribution in [3.63, 3.8) is 0 Å². The predicted molar refractivity (Wildman–Crippen MR) is 82.5 cm³/mol. The number of imidazole rings is 1. The van der Waals surface area contributed by atoms with Gasteiger partial charge in [0.1, 0.15) is 17.5 Å². The van der Waals surface area contributed by atoms with Gasteiger partial charge in [0.2, 0.25) is 0 Å². The van der Waals surface area contributed by atoms with Crippen LogP contribution in [0.4, 0.5) is 0 Å². The van der Waals surface area contributed by atoms with Gasteiger partial charge >= 0.3 is 0 Å². The highest BCUT2D eigenvalue weighted by Gasteiger charge is 2.16. The highest BCUT2D eigenvalue weighted by Crippen LogP contribution is 2.30. The van der Waals surface area contributed by atoms with Crippen molar-refractivity contribution < 1.29 is 4.74 Å². The van der Waals surface area contributed by atoms with Crippen LogP contribution < -0.4 is 4.74 Å². The Morgan fingerprint density at radius 1 is 1.48 bits per heavy atom. The molecule has 0 saturated heterocycles. The van der Waals surface area contributed by atoms with Crippen molar-refractivity contribution in [3.05, 3.63) is 45.8 Å². The summed E-state index contributed by atoms with van der Waals surface area (Å²) >= 11 is 11.3. The fourth-order valence-electron chi connectivity index (χ4n) is 2.18. The van der Waals surface area contributed by atoms with Crippen molar-refractivity contribution in [1.29, 1.82) is 5.26 Å². The van der Waals surface area contributed by atoms with Gasteiger partial charge in [0, 0.05) is 6.20 Å². The largest absolute Gasteiger partial charge is 0.495 e. The smallest absolute Gasteiger partial charge is 0.184 e. The molecular formula is C14H9ClN4OS. The number of benzene rings is 1. The number of nitrogens with one attached hydrogen (secondary N) is 1. The predicted octanol–water partition coefficient (Wildman–Crippen LogP) is 3.62. The Morgan fingerprint density at radius 2 is 2.29 bits per heavy atom. The maximum absolute atomic E-state index is 9.34. The zero-order valence-corrected chi connectivity index (χ0v) is 12.5. The lowest BCUT2D eigenvalue weighted by Gasteiger charge is -2.11. The van der Waals surface area contributed by atoms with E-state index in [0.717, 1.165) is 0 Å². The minimum absolute atomic E-state index is 0.417. The van der Waals surface area contributed by atoms with Gasteiger partial charge in [-0.15, -0.1) is 0 Å². The number of aromatic nitrogens is 3. The van der Waals surface area contributed by atoms with Crippen molar-refractivity contribution in [2.75, 3.05) is 7.11 Å². The number of nitriles is 1. The Bertz CT molecular complexity index is 938. The average Bonchev–Trinajstić information content (AvgIpc) is 2.80. The summed E-state index contributed by atoms with van der Waals surface area (Å²) in [6, 6.07) is 9.11. The topological polar surface area (TPSA) is 66.6 Å². The van der Waals surface area contributed by atoms with E-state index >= 15 is 0 Å². The van der Waals surface area contributed by atoms with Crippen molar-refractivity contribution in [2.24, 2.45) is 0 Å². The van der Waals surface area contributed by atoms with E-state index in [9.17, 15) is 5.26 Å². The van der Waals surface area contributed by atoms with Gasteiger partial charge in [-0.3, -0.25) is 4.57 Å². The van der Waals surface area contributed by atoms with Crippen LogP contribution in [-0.2, 0) is 0 Å². The van der Waals surface area contributed by atoms with E-state index in [1.54, 1.807) is 35.9 Å². The zero-order chi connectivity index (χ0) is 15.0. The molecule has 0 spiro atoms. The van der Waals surface area contributed by atoms with E-state index in [-0.39, 0.29) is 0 Å². The van der Waals surface area contributed by atoms with Crippen LogP contribution in [0.2, 0.25) is 5.02 Å². The second-order valence-corrected chi connectivity index (χ2v) is 5.08. The number of hydrogen-bond acceptors (Lipinski definition) is 4. The zero-order valence-electron chi connectivity index (χ0n) is 10.9. The monoisotopic (exact) mass is 316 g/mol. The molecule has 0 aliphatic rings. The van der Waals surface area contributed by atoms with Crippen molar-refractivity contribution in [2.45, 2.75) is 0 Å². The molecule has 0 aliphatic heterocycles. The van der Waals surface area contributed by atoms with Gasteiger partial charge in [0.15, 0.2) is 10.4 Å². The number of pyridine rings is 1. The van der Waals surface area contributed by atoms with Crippen LogP contribution in [0.1, 0.15) is 5.56 Å². The number of nitrogens with zero attached hydrogens (tertiary/aromatic N) is 3. The Balaban J connectivity index is 2.44. The minimum Gasteiger partial charge on any atom is -0.495 e. The molecule has 2 aromatic heterocycles. The Hall–Kier alpha value is -2.36. The lowest BCUT2D eigenvalue weighted by Crippen LogP contribution is -2.02. The Labute approximate surface area is 130 Å². The van der Waals surface area contributed by atoms with Gasteiger partial charge in [0.05, 0.1) is 23.2 Å². The number of halogens is 1. The molecule has 0 atom stereocenters. The first-order valence-electron chi connectivity index (χ1n) is 5.99. The first-order valence-corrected chi connectivity index (χ1v) is 6.78. The summed E-state index contributed by atoms with van der Waals surface area (Å²) in [6.45, 7) is 0. The SMILES string of the molecule is COc1cccc(C#N)c1-n1c(=S)[nH]c2cc(Cl)cnc21. The first kappa shape index (κ1) is 13.6. The molecule has 3 rings (SSSR count). The molecule has 7 heteroatoms. The molecule has 1 N–H and O–H groups in total. The molecule has 0 aliphatic carbocycles.